The molecule has 1 rings (SSSR count). The highest BCUT2D eigenvalue weighted by molar-refractivity contribution is 5.97. The van der Waals surface area contributed by atoms with Gasteiger partial charge in [-0.15, -0.1) is 0 Å². The topological polar surface area (TPSA) is 127 Å². The van der Waals surface area contributed by atoms with Crippen molar-refractivity contribution in [3.63, 3.8) is 0 Å². The maximum atomic E-state index is 12.0. The van der Waals surface area contributed by atoms with Crippen LogP contribution in [0, 0.1) is 10.1 Å². The Labute approximate surface area is 126 Å². The number of ketones is 1. The average molecular weight is 308 g/mol. The molecule has 118 valence electrons. The van der Waals surface area contributed by atoms with Crippen LogP contribution in [0.25, 0.3) is 0 Å². The van der Waals surface area contributed by atoms with E-state index in [0.29, 0.717) is 6.42 Å². The number of carboxylic acids is 1. The molecule has 1 amide bonds. The molecule has 0 saturated heterocycles. The summed E-state index contributed by atoms with van der Waals surface area (Å²) in [4.78, 5) is 44.3. The molecule has 1 atom stereocenters. The van der Waals surface area contributed by atoms with E-state index in [1.54, 1.807) is 6.92 Å². The lowest BCUT2D eigenvalue weighted by molar-refractivity contribution is -0.384. The van der Waals surface area contributed by atoms with E-state index in [1.807, 2.05) is 0 Å². The highest BCUT2D eigenvalue weighted by Crippen LogP contribution is 2.13. The third kappa shape index (κ3) is 4.97. The lowest BCUT2D eigenvalue weighted by atomic mass is 10.1. The van der Waals surface area contributed by atoms with Crippen LogP contribution in [0.5, 0.6) is 0 Å². The minimum Gasteiger partial charge on any atom is -0.480 e. The van der Waals surface area contributed by atoms with Gasteiger partial charge in [-0.05, 0) is 12.5 Å². The summed E-state index contributed by atoms with van der Waals surface area (Å²) in [6.07, 6.45) is 0.316. The molecular formula is C14H16N2O6. The van der Waals surface area contributed by atoms with Crippen molar-refractivity contribution in [2.45, 2.75) is 32.2 Å². The SMILES string of the molecule is CCC(=O)CC[C@H](NC(=O)c1cccc([N+](=O)[O-])c1)C(=O)O. The van der Waals surface area contributed by atoms with Gasteiger partial charge in [0, 0.05) is 30.5 Å². The zero-order valence-corrected chi connectivity index (χ0v) is 11.9. The van der Waals surface area contributed by atoms with Gasteiger partial charge in [0.25, 0.3) is 11.6 Å². The number of non-ortho nitro benzene ring substituents is 1. The van der Waals surface area contributed by atoms with E-state index in [4.69, 9.17) is 5.11 Å². The van der Waals surface area contributed by atoms with Crippen LogP contribution in [0.3, 0.4) is 0 Å². The number of nitro benzene ring substituents is 1. The van der Waals surface area contributed by atoms with E-state index in [-0.39, 0.29) is 29.9 Å². The number of rotatable bonds is 8. The maximum Gasteiger partial charge on any atom is 0.326 e. The van der Waals surface area contributed by atoms with E-state index in [9.17, 15) is 24.5 Å². The number of Topliss-reactive ketones (excluding diaryl/α,β-unsaturated/α-hetero) is 1. The summed E-state index contributed by atoms with van der Waals surface area (Å²) in [5.41, 5.74) is -0.275. The molecule has 0 heterocycles. The van der Waals surface area contributed by atoms with E-state index in [2.05, 4.69) is 5.32 Å². The van der Waals surface area contributed by atoms with Gasteiger partial charge in [0.05, 0.1) is 4.92 Å². The van der Waals surface area contributed by atoms with Crippen LogP contribution in [-0.4, -0.2) is 33.7 Å². The Morgan fingerprint density at radius 1 is 1.36 bits per heavy atom. The van der Waals surface area contributed by atoms with E-state index in [0.717, 1.165) is 6.07 Å². The number of hydrogen-bond acceptors (Lipinski definition) is 5. The van der Waals surface area contributed by atoms with Gasteiger partial charge in [-0.3, -0.25) is 19.7 Å². The van der Waals surface area contributed by atoms with Gasteiger partial charge in [0.2, 0.25) is 0 Å². The van der Waals surface area contributed by atoms with E-state index in [1.165, 1.54) is 18.2 Å². The minimum absolute atomic E-state index is 0.0118. The van der Waals surface area contributed by atoms with E-state index < -0.39 is 22.8 Å². The highest BCUT2D eigenvalue weighted by atomic mass is 16.6. The first kappa shape index (κ1) is 17.3. The van der Waals surface area contributed by atoms with Gasteiger partial charge >= 0.3 is 5.97 Å². The molecule has 0 saturated carbocycles. The van der Waals surface area contributed by atoms with E-state index >= 15 is 0 Å². The number of carbonyl (C=O) groups excluding carboxylic acids is 2. The standard InChI is InChI=1S/C14H16N2O6/c1-2-11(17)6-7-12(14(19)20)15-13(18)9-4-3-5-10(8-9)16(21)22/h3-5,8,12H,2,6-7H2,1H3,(H,15,18)(H,19,20)/t12-/m0/s1. The second kappa shape index (κ2) is 7.87. The summed E-state index contributed by atoms with van der Waals surface area (Å²) in [5.74, 6) is -2.10. The first-order chi connectivity index (χ1) is 10.3. The fraction of sp³-hybridized carbons (Fsp3) is 0.357. The Morgan fingerprint density at radius 2 is 2.05 bits per heavy atom. The Balaban J connectivity index is 2.78. The highest BCUT2D eigenvalue weighted by Gasteiger charge is 2.22. The first-order valence-electron chi connectivity index (χ1n) is 6.65. The van der Waals surface area contributed by atoms with Gasteiger partial charge < -0.3 is 10.4 Å². The molecule has 8 nitrogen and oxygen atoms in total. The largest absolute Gasteiger partial charge is 0.480 e. The first-order valence-corrected chi connectivity index (χ1v) is 6.65. The molecule has 0 radical (unpaired) electrons. The molecule has 22 heavy (non-hydrogen) atoms. The molecule has 2 N–H and O–H groups in total. The number of nitrogens with one attached hydrogen (secondary N) is 1. The van der Waals surface area contributed by atoms with Crippen LogP contribution in [0.15, 0.2) is 24.3 Å². The number of nitrogens with zero attached hydrogens (tertiary/aromatic N) is 1. The summed E-state index contributed by atoms with van der Waals surface area (Å²) >= 11 is 0. The number of aliphatic carboxylic acids is 1. The van der Waals surface area contributed by atoms with Gasteiger partial charge in [-0.1, -0.05) is 13.0 Å². The molecule has 0 aliphatic carbocycles. The zero-order valence-electron chi connectivity index (χ0n) is 11.9. The number of carboxylic acid groups (broad SMARTS) is 1. The quantitative estimate of drug-likeness (QED) is 0.554. The third-order valence-electron chi connectivity index (χ3n) is 3.03. The van der Waals surface area contributed by atoms with Gasteiger partial charge in [-0.25, -0.2) is 4.79 Å². The lowest BCUT2D eigenvalue weighted by Gasteiger charge is -2.14. The summed E-state index contributed by atoms with van der Waals surface area (Å²) in [6.45, 7) is 1.67. The van der Waals surface area contributed by atoms with Gasteiger partial charge in [-0.2, -0.15) is 0 Å². The predicted octanol–water partition coefficient (Wildman–Crippen LogP) is 1.54. The fourth-order valence-electron chi connectivity index (χ4n) is 1.74. The van der Waals surface area contributed by atoms with Crippen LogP contribution in [-0.2, 0) is 9.59 Å². The third-order valence-corrected chi connectivity index (χ3v) is 3.03. The monoisotopic (exact) mass is 308 g/mol. The van der Waals surface area contributed by atoms with Crippen LogP contribution in [0.1, 0.15) is 36.5 Å². The molecule has 0 aromatic heterocycles. The molecule has 0 spiro atoms. The van der Waals surface area contributed by atoms with Gasteiger partial charge in [0.1, 0.15) is 11.8 Å². The summed E-state index contributed by atoms with van der Waals surface area (Å²) in [7, 11) is 0. The normalized spacial score (nSPS) is 11.5. The van der Waals surface area contributed by atoms with Crippen LogP contribution < -0.4 is 5.32 Å². The Morgan fingerprint density at radius 3 is 2.59 bits per heavy atom. The molecule has 0 aliphatic heterocycles. The number of hydrogen-bond donors (Lipinski definition) is 2. The molecule has 0 fully saturated rings. The second-order valence-corrected chi connectivity index (χ2v) is 4.60. The Bertz CT molecular complexity index is 599. The van der Waals surface area contributed by atoms with Crippen molar-refractivity contribution in [2.24, 2.45) is 0 Å². The maximum absolute atomic E-state index is 12.0. The molecule has 0 bridgehead atoms. The summed E-state index contributed by atoms with van der Waals surface area (Å²) < 4.78 is 0. The van der Waals surface area contributed by atoms with Crippen molar-refractivity contribution >= 4 is 23.3 Å². The van der Waals surface area contributed by atoms with Gasteiger partial charge in [0.15, 0.2) is 0 Å². The minimum atomic E-state index is -1.26. The molecule has 1 aromatic rings. The Kier molecular flexibility index (Phi) is 6.18. The smallest absolute Gasteiger partial charge is 0.326 e. The number of benzene rings is 1. The number of carbonyl (C=O) groups is 3. The lowest BCUT2D eigenvalue weighted by Crippen LogP contribution is -2.41. The molecule has 0 unspecified atom stereocenters. The average Bonchev–Trinajstić information content (AvgIpc) is 2.50. The summed E-state index contributed by atoms with van der Waals surface area (Å²) in [5, 5.41) is 22.0. The van der Waals surface area contributed by atoms with Crippen LogP contribution in [0.4, 0.5) is 5.69 Å². The van der Waals surface area contributed by atoms with Crippen LogP contribution in [0.2, 0.25) is 0 Å². The number of nitro groups is 1. The molecular weight excluding hydrogens is 292 g/mol. The van der Waals surface area contributed by atoms with Crippen LogP contribution >= 0.6 is 0 Å². The van der Waals surface area contributed by atoms with Crippen molar-refractivity contribution < 1.29 is 24.4 Å². The predicted molar refractivity (Wildman–Crippen MR) is 76.5 cm³/mol. The number of amides is 1. The molecule has 1 aromatic carbocycles. The Hall–Kier alpha value is -2.77. The van der Waals surface area contributed by atoms with Crippen molar-refractivity contribution in [3.05, 3.63) is 39.9 Å². The summed E-state index contributed by atoms with van der Waals surface area (Å²) in [6, 6.07) is 3.75. The molecule has 8 heteroatoms. The zero-order chi connectivity index (χ0) is 16.7. The molecule has 0 aliphatic rings. The van der Waals surface area contributed by atoms with Crippen molar-refractivity contribution in [1.82, 2.24) is 5.32 Å². The fourth-order valence-corrected chi connectivity index (χ4v) is 1.74. The van der Waals surface area contributed by atoms with Crippen molar-refractivity contribution in [3.8, 4) is 0 Å². The second-order valence-electron chi connectivity index (χ2n) is 4.60. The van der Waals surface area contributed by atoms with Crippen molar-refractivity contribution in [1.29, 1.82) is 0 Å². The van der Waals surface area contributed by atoms with Crippen molar-refractivity contribution in [2.75, 3.05) is 0 Å².